The highest BCUT2D eigenvalue weighted by molar-refractivity contribution is 4.96. The summed E-state index contributed by atoms with van der Waals surface area (Å²) in [4.78, 5) is 0. The van der Waals surface area contributed by atoms with Crippen LogP contribution in [0.25, 0.3) is 0 Å². The van der Waals surface area contributed by atoms with E-state index in [1.54, 1.807) is 0 Å². The Bertz CT molecular complexity index is 627. The molecule has 0 aromatic rings. The largest absolute Gasteiger partial charge is 0.462 e. The van der Waals surface area contributed by atoms with Crippen LogP contribution in [-0.4, -0.2) is 54.6 Å². The number of halogens is 20. The maximum absolute atomic E-state index is 13.5. The van der Waals surface area contributed by atoms with E-state index in [0.717, 1.165) is 9.47 Å². The van der Waals surface area contributed by atoms with Crippen molar-refractivity contribution in [3.63, 3.8) is 0 Å². The molecule has 23 heteroatoms. The summed E-state index contributed by atoms with van der Waals surface area (Å²) in [5.41, 5.74) is 0. The fourth-order valence-electron chi connectivity index (χ4n) is 1.21. The molecule has 0 spiro atoms. The molecule has 0 aromatic heterocycles. The van der Waals surface area contributed by atoms with E-state index in [1.165, 1.54) is 0 Å². The van der Waals surface area contributed by atoms with Crippen LogP contribution >= 0.6 is 0 Å². The van der Waals surface area contributed by atoms with Gasteiger partial charge < -0.3 is 6.15 Å². The second-order valence-corrected chi connectivity index (χ2v) is 4.99. The smallest absolute Gasteiger partial charge is 0.344 e. The summed E-state index contributed by atoms with van der Waals surface area (Å²) < 4.78 is 251. The third-order valence-electron chi connectivity index (χ3n) is 2.73. The molecule has 3 nitrogen and oxygen atoms in total. The maximum atomic E-state index is 13.5. The number of alkyl halides is 20. The third kappa shape index (κ3) is 5.17. The first kappa shape index (κ1) is 32.7. The predicted molar refractivity (Wildman–Crippen MR) is 53.9 cm³/mol. The van der Waals surface area contributed by atoms with Gasteiger partial charge in [-0.25, -0.2) is 0 Å². The number of ether oxygens (including phenoxy) is 2. The zero-order chi connectivity index (χ0) is 25.9. The highest BCUT2D eigenvalue weighted by atomic mass is 19.4. The lowest BCUT2D eigenvalue weighted by molar-refractivity contribution is -0.566. The van der Waals surface area contributed by atoms with E-state index < -0.39 is 54.6 Å². The first-order valence-corrected chi connectivity index (χ1v) is 6.10. The molecular weight excluding hydrogens is 534 g/mol. The lowest BCUT2D eigenvalue weighted by atomic mass is 10.2. The number of hydrogen-bond donors (Lipinski definition) is 1. The van der Waals surface area contributed by atoms with Gasteiger partial charge in [0.05, 0.1) is 0 Å². The monoisotopic (exact) mass is 537 g/mol. The molecule has 0 heterocycles. The van der Waals surface area contributed by atoms with Crippen LogP contribution in [0.5, 0.6) is 0 Å². The molecule has 0 fully saturated rings. The van der Waals surface area contributed by atoms with Crippen LogP contribution in [0.15, 0.2) is 0 Å². The molecule has 32 heavy (non-hydrogen) atoms. The summed E-state index contributed by atoms with van der Waals surface area (Å²) in [6.07, 6.45) is -48.0. The summed E-state index contributed by atoms with van der Waals surface area (Å²) in [7, 11) is 0. The molecular formula is C9H3F20NO2. The first-order valence-electron chi connectivity index (χ1n) is 6.10. The van der Waals surface area contributed by atoms with E-state index in [9.17, 15) is 87.8 Å². The second kappa shape index (κ2) is 8.06. The van der Waals surface area contributed by atoms with Crippen molar-refractivity contribution < 1.29 is 97.3 Å². The second-order valence-electron chi connectivity index (χ2n) is 4.99. The molecule has 0 aliphatic heterocycles. The van der Waals surface area contributed by atoms with Gasteiger partial charge in [0, 0.05) is 0 Å². The average Bonchev–Trinajstić information content (AvgIpc) is 2.40. The van der Waals surface area contributed by atoms with E-state index >= 15 is 0 Å². The van der Waals surface area contributed by atoms with Crippen LogP contribution in [0.4, 0.5) is 87.8 Å². The Labute approximate surface area is 159 Å². The lowest BCUT2D eigenvalue weighted by Crippen LogP contribution is -2.69. The Balaban J connectivity index is 0. The Kier molecular flexibility index (Phi) is 8.22. The highest BCUT2D eigenvalue weighted by Crippen LogP contribution is 2.58. The van der Waals surface area contributed by atoms with Crippen LogP contribution in [0.1, 0.15) is 0 Å². The van der Waals surface area contributed by atoms with E-state index in [2.05, 4.69) is 0 Å². The lowest BCUT2D eigenvalue weighted by Gasteiger charge is -2.40. The van der Waals surface area contributed by atoms with E-state index in [4.69, 9.17) is 0 Å². The fourth-order valence-corrected chi connectivity index (χ4v) is 1.21. The molecule has 1 atom stereocenters. The minimum atomic E-state index is -8.34. The fraction of sp³-hybridized carbons (Fsp3) is 1.00. The van der Waals surface area contributed by atoms with Gasteiger partial charge in [0.15, 0.2) is 0 Å². The summed E-state index contributed by atoms with van der Waals surface area (Å²) in [6.45, 7) is 0. The number of rotatable bonds is 6. The van der Waals surface area contributed by atoms with Crippen LogP contribution in [0.3, 0.4) is 0 Å². The zero-order valence-corrected chi connectivity index (χ0v) is 13.6. The summed E-state index contributed by atoms with van der Waals surface area (Å²) in [6, 6.07) is 0. The van der Waals surface area contributed by atoms with Crippen molar-refractivity contribution in [3.8, 4) is 0 Å². The SMILES string of the molecule is FC(F)(F)C(F)(F)C(F)(F)OC(F)(C(F)(F)F)C(F)(F)OC(F)(C(F)(F)F)C(F)(F)F.N. The molecule has 196 valence electrons. The van der Waals surface area contributed by atoms with Gasteiger partial charge in [-0.15, -0.1) is 0 Å². The highest BCUT2D eigenvalue weighted by Gasteiger charge is 2.87. The number of hydrogen-bond acceptors (Lipinski definition) is 3. The Morgan fingerprint density at radius 1 is 0.312 bits per heavy atom. The van der Waals surface area contributed by atoms with Crippen LogP contribution in [-0.2, 0) is 9.47 Å². The molecule has 0 saturated carbocycles. The van der Waals surface area contributed by atoms with Gasteiger partial charge in [-0.1, -0.05) is 0 Å². The van der Waals surface area contributed by atoms with Gasteiger partial charge in [-0.2, -0.15) is 87.8 Å². The van der Waals surface area contributed by atoms with Gasteiger partial charge in [-0.05, 0) is 0 Å². The van der Waals surface area contributed by atoms with E-state index in [0.29, 0.717) is 0 Å². The van der Waals surface area contributed by atoms with Crippen LogP contribution in [0, 0.1) is 0 Å². The predicted octanol–water partition coefficient (Wildman–Crippen LogP) is 6.58. The molecule has 0 amide bonds. The molecule has 0 bridgehead atoms. The molecule has 0 saturated heterocycles. The normalized spacial score (nSPS) is 17.6. The van der Waals surface area contributed by atoms with Gasteiger partial charge in [-0.3, -0.25) is 9.47 Å². The summed E-state index contributed by atoms with van der Waals surface area (Å²) >= 11 is 0. The molecule has 0 aliphatic rings. The maximum Gasteiger partial charge on any atom is 0.462 e. The van der Waals surface area contributed by atoms with Crippen LogP contribution in [0.2, 0.25) is 0 Å². The van der Waals surface area contributed by atoms with Crippen LogP contribution < -0.4 is 6.15 Å². The molecule has 3 N–H and O–H groups in total. The Hall–Kier alpha value is -1.52. The third-order valence-corrected chi connectivity index (χ3v) is 2.73. The molecule has 1 unspecified atom stereocenters. The Morgan fingerprint density at radius 2 is 0.562 bits per heavy atom. The quantitative estimate of drug-likeness (QED) is 0.390. The molecule has 0 aromatic carbocycles. The minimum Gasteiger partial charge on any atom is -0.344 e. The molecule has 0 aliphatic carbocycles. The first-order chi connectivity index (χ1) is 12.9. The van der Waals surface area contributed by atoms with E-state index in [-0.39, 0.29) is 6.15 Å². The van der Waals surface area contributed by atoms with E-state index in [1.807, 2.05) is 0 Å². The standard InChI is InChI=1S/C9F20O2.H3N/c10-1(11,4(14,15)16)8(26,27)31-3(13,7(23,24)25)9(28,29)30-2(12,5(17,18)19)6(20,21)22;/h;1H3. The van der Waals surface area contributed by atoms with Crippen molar-refractivity contribution in [2.45, 2.75) is 54.6 Å². The van der Waals surface area contributed by atoms with Crippen molar-refractivity contribution in [3.05, 3.63) is 0 Å². The van der Waals surface area contributed by atoms with Gasteiger partial charge in [0.25, 0.3) is 0 Å². The molecule has 0 rings (SSSR count). The van der Waals surface area contributed by atoms with Crippen molar-refractivity contribution in [2.75, 3.05) is 0 Å². The van der Waals surface area contributed by atoms with Gasteiger partial charge in [0.2, 0.25) is 0 Å². The van der Waals surface area contributed by atoms with Gasteiger partial charge >= 0.3 is 54.6 Å². The Morgan fingerprint density at radius 3 is 0.781 bits per heavy atom. The van der Waals surface area contributed by atoms with Gasteiger partial charge in [0.1, 0.15) is 0 Å². The summed E-state index contributed by atoms with van der Waals surface area (Å²) in [5, 5.41) is 0. The molecule has 0 radical (unpaired) electrons. The van der Waals surface area contributed by atoms with Crippen molar-refractivity contribution >= 4 is 0 Å². The minimum absolute atomic E-state index is 0. The topological polar surface area (TPSA) is 53.5 Å². The summed E-state index contributed by atoms with van der Waals surface area (Å²) in [5.74, 6) is -24.3. The van der Waals surface area contributed by atoms with Crippen molar-refractivity contribution in [2.24, 2.45) is 0 Å². The van der Waals surface area contributed by atoms with Crippen molar-refractivity contribution in [1.29, 1.82) is 0 Å². The van der Waals surface area contributed by atoms with Crippen molar-refractivity contribution in [1.82, 2.24) is 6.15 Å². The zero-order valence-electron chi connectivity index (χ0n) is 13.6. The average molecular weight is 537 g/mol.